The number of rotatable bonds is 6. The normalized spacial score (nSPS) is 12.8. The number of hydrazine groups is 1. The molecule has 0 bridgehead atoms. The van der Waals surface area contributed by atoms with E-state index in [1.165, 1.54) is 6.07 Å². The summed E-state index contributed by atoms with van der Waals surface area (Å²) < 4.78 is 0. The number of para-hydroxylation sites is 1. The zero-order chi connectivity index (χ0) is 14.6. The average molecular weight is 266 g/mol. The van der Waals surface area contributed by atoms with Crippen LogP contribution in [0.1, 0.15) is 26.3 Å². The van der Waals surface area contributed by atoms with E-state index in [0.29, 0.717) is 24.2 Å². The van der Waals surface area contributed by atoms with Crippen molar-refractivity contribution >= 4 is 11.4 Å². The zero-order valence-electron chi connectivity index (χ0n) is 11.9. The number of anilines is 1. The number of hydrogen-bond donors (Lipinski definition) is 2. The number of nitro benzene ring substituents is 1. The number of nitrogens with one attached hydrogen (secondary N) is 1. The highest BCUT2D eigenvalue weighted by atomic mass is 16.6. The summed E-state index contributed by atoms with van der Waals surface area (Å²) in [5, 5.41) is 11.0. The molecule has 1 rings (SSSR count). The number of nitrogens with two attached hydrogens (primary N) is 1. The van der Waals surface area contributed by atoms with Crippen molar-refractivity contribution < 1.29 is 4.92 Å². The van der Waals surface area contributed by atoms with Gasteiger partial charge in [-0.2, -0.15) is 0 Å². The Hall–Kier alpha value is -1.66. The van der Waals surface area contributed by atoms with E-state index < -0.39 is 4.92 Å². The van der Waals surface area contributed by atoms with Crippen molar-refractivity contribution in [1.29, 1.82) is 0 Å². The molecule has 0 aliphatic heterocycles. The lowest BCUT2D eigenvalue weighted by Gasteiger charge is -2.28. The summed E-state index contributed by atoms with van der Waals surface area (Å²) >= 11 is 0. The number of nitrogen functional groups attached to an aromatic ring is 1. The minimum Gasteiger partial charge on any atom is -0.318 e. The molecule has 106 valence electrons. The monoisotopic (exact) mass is 266 g/mol. The van der Waals surface area contributed by atoms with Crippen molar-refractivity contribution in [2.75, 3.05) is 12.5 Å². The number of nitro groups is 1. The molecular formula is C13H22N4O2. The molecule has 3 N–H and O–H groups in total. The summed E-state index contributed by atoms with van der Waals surface area (Å²) in [6.07, 6.45) is 0. The van der Waals surface area contributed by atoms with E-state index in [4.69, 9.17) is 5.84 Å². The van der Waals surface area contributed by atoms with Gasteiger partial charge in [0, 0.05) is 18.7 Å². The fourth-order valence-corrected chi connectivity index (χ4v) is 1.96. The summed E-state index contributed by atoms with van der Waals surface area (Å²) in [7, 11) is 2.00. The number of hydrogen-bond acceptors (Lipinski definition) is 5. The third kappa shape index (κ3) is 3.65. The molecule has 6 heteroatoms. The van der Waals surface area contributed by atoms with E-state index in [1.54, 1.807) is 6.07 Å². The first-order valence-electron chi connectivity index (χ1n) is 6.31. The lowest BCUT2D eigenvalue weighted by Crippen LogP contribution is -2.33. The third-order valence-corrected chi connectivity index (χ3v) is 3.55. The molecule has 0 fully saturated rings. The van der Waals surface area contributed by atoms with Gasteiger partial charge in [-0.05, 0) is 25.5 Å². The zero-order valence-corrected chi connectivity index (χ0v) is 11.9. The Bertz CT molecular complexity index is 448. The predicted octanol–water partition coefficient (Wildman–Crippen LogP) is 2.36. The van der Waals surface area contributed by atoms with E-state index in [0.717, 1.165) is 5.56 Å². The highest BCUT2D eigenvalue weighted by Crippen LogP contribution is 2.28. The molecule has 0 aliphatic rings. The first-order valence-corrected chi connectivity index (χ1v) is 6.31. The van der Waals surface area contributed by atoms with Gasteiger partial charge in [-0.15, -0.1) is 0 Å². The second-order valence-corrected chi connectivity index (χ2v) is 5.11. The Balaban J connectivity index is 3.01. The topological polar surface area (TPSA) is 84.4 Å². The van der Waals surface area contributed by atoms with Gasteiger partial charge >= 0.3 is 0 Å². The molecule has 1 atom stereocenters. The molecule has 0 heterocycles. The highest BCUT2D eigenvalue weighted by Gasteiger charge is 2.19. The van der Waals surface area contributed by atoms with Gasteiger partial charge in [0.1, 0.15) is 5.69 Å². The average Bonchev–Trinajstić information content (AvgIpc) is 2.37. The Morgan fingerprint density at radius 2 is 2.05 bits per heavy atom. The van der Waals surface area contributed by atoms with Gasteiger partial charge < -0.3 is 5.43 Å². The molecule has 0 radical (unpaired) electrons. The van der Waals surface area contributed by atoms with Crippen LogP contribution in [0.15, 0.2) is 18.2 Å². The van der Waals surface area contributed by atoms with Crippen molar-refractivity contribution in [2.45, 2.75) is 33.4 Å². The lowest BCUT2D eigenvalue weighted by atomic mass is 10.0. The second kappa shape index (κ2) is 6.49. The van der Waals surface area contributed by atoms with Crippen LogP contribution in [-0.4, -0.2) is 22.9 Å². The van der Waals surface area contributed by atoms with Crippen LogP contribution < -0.4 is 11.3 Å². The molecule has 0 aromatic heterocycles. The van der Waals surface area contributed by atoms with E-state index >= 15 is 0 Å². The van der Waals surface area contributed by atoms with Crippen molar-refractivity contribution in [2.24, 2.45) is 11.8 Å². The molecule has 0 saturated carbocycles. The maximum absolute atomic E-state index is 11.0. The van der Waals surface area contributed by atoms with Crippen molar-refractivity contribution in [3.8, 4) is 0 Å². The third-order valence-electron chi connectivity index (χ3n) is 3.55. The van der Waals surface area contributed by atoms with Crippen LogP contribution in [0, 0.1) is 16.0 Å². The van der Waals surface area contributed by atoms with Gasteiger partial charge in [-0.25, -0.2) is 0 Å². The van der Waals surface area contributed by atoms with Gasteiger partial charge in [-0.1, -0.05) is 26.0 Å². The van der Waals surface area contributed by atoms with Crippen LogP contribution >= 0.6 is 0 Å². The molecule has 19 heavy (non-hydrogen) atoms. The Morgan fingerprint density at radius 3 is 2.53 bits per heavy atom. The molecule has 0 spiro atoms. The van der Waals surface area contributed by atoms with E-state index in [2.05, 4.69) is 31.1 Å². The van der Waals surface area contributed by atoms with Crippen LogP contribution in [0.5, 0.6) is 0 Å². The van der Waals surface area contributed by atoms with Crippen LogP contribution in [0.3, 0.4) is 0 Å². The first kappa shape index (κ1) is 15.4. The molecule has 0 saturated heterocycles. The first-order chi connectivity index (χ1) is 8.88. The Kier molecular flexibility index (Phi) is 5.26. The van der Waals surface area contributed by atoms with Crippen molar-refractivity contribution in [3.63, 3.8) is 0 Å². The molecule has 0 amide bonds. The maximum atomic E-state index is 11.0. The lowest BCUT2D eigenvalue weighted by molar-refractivity contribution is -0.384. The van der Waals surface area contributed by atoms with Crippen molar-refractivity contribution in [3.05, 3.63) is 33.9 Å². The van der Waals surface area contributed by atoms with E-state index in [-0.39, 0.29) is 5.69 Å². The quantitative estimate of drug-likeness (QED) is 0.469. The standard InChI is InChI=1S/C13H22N4O2/c1-9(2)10(3)16(4)8-11-6-5-7-12(17(18)19)13(11)15-14/h5-7,9-10,15H,8,14H2,1-4H3. The Labute approximate surface area is 113 Å². The van der Waals surface area contributed by atoms with Gasteiger partial charge in [0.15, 0.2) is 0 Å². The minimum atomic E-state index is -0.426. The van der Waals surface area contributed by atoms with Gasteiger partial charge in [0.05, 0.1) is 4.92 Å². The maximum Gasteiger partial charge on any atom is 0.293 e. The fourth-order valence-electron chi connectivity index (χ4n) is 1.96. The smallest absolute Gasteiger partial charge is 0.293 e. The summed E-state index contributed by atoms with van der Waals surface area (Å²) in [4.78, 5) is 12.7. The van der Waals surface area contributed by atoms with Gasteiger partial charge in [0.25, 0.3) is 5.69 Å². The summed E-state index contributed by atoms with van der Waals surface area (Å²) in [6.45, 7) is 7.05. The largest absolute Gasteiger partial charge is 0.318 e. The van der Waals surface area contributed by atoms with E-state index in [9.17, 15) is 10.1 Å². The second-order valence-electron chi connectivity index (χ2n) is 5.11. The fraction of sp³-hybridized carbons (Fsp3) is 0.538. The minimum absolute atomic E-state index is 0.00519. The Morgan fingerprint density at radius 1 is 1.42 bits per heavy atom. The summed E-state index contributed by atoms with van der Waals surface area (Å²) in [5.74, 6) is 5.94. The van der Waals surface area contributed by atoms with Crippen molar-refractivity contribution in [1.82, 2.24) is 4.90 Å². The van der Waals surface area contributed by atoms with Crippen LogP contribution in [0.2, 0.25) is 0 Å². The molecule has 1 unspecified atom stereocenters. The molecule has 6 nitrogen and oxygen atoms in total. The SMILES string of the molecule is CC(C)C(C)N(C)Cc1cccc([N+](=O)[O-])c1NN. The molecular weight excluding hydrogens is 244 g/mol. The summed E-state index contributed by atoms with van der Waals surface area (Å²) in [6, 6.07) is 5.36. The molecule has 1 aromatic rings. The molecule has 0 aliphatic carbocycles. The van der Waals surface area contributed by atoms with Crippen LogP contribution in [0.4, 0.5) is 11.4 Å². The van der Waals surface area contributed by atoms with Gasteiger partial charge in [0.2, 0.25) is 0 Å². The van der Waals surface area contributed by atoms with E-state index in [1.807, 2.05) is 13.1 Å². The summed E-state index contributed by atoms with van der Waals surface area (Å²) in [5.41, 5.74) is 3.67. The predicted molar refractivity (Wildman–Crippen MR) is 76.7 cm³/mol. The number of benzene rings is 1. The van der Waals surface area contributed by atoms with Crippen LogP contribution in [0.25, 0.3) is 0 Å². The number of nitrogens with zero attached hydrogens (tertiary/aromatic N) is 2. The highest BCUT2D eigenvalue weighted by molar-refractivity contribution is 5.65. The van der Waals surface area contributed by atoms with Crippen LogP contribution in [-0.2, 0) is 6.54 Å². The van der Waals surface area contributed by atoms with Gasteiger partial charge in [-0.3, -0.25) is 20.9 Å². The molecule has 1 aromatic carbocycles.